The third-order valence-corrected chi connectivity index (χ3v) is 2.74. The molecule has 0 spiro atoms. The zero-order valence-corrected chi connectivity index (χ0v) is 10.2. The summed E-state index contributed by atoms with van der Waals surface area (Å²) in [6, 6.07) is 1.93. The standard InChI is InChI=1S/C10H15N3O2.ClH/c1-7-5-9(15-12-7)10(14)13(2)8-3-4-11-6-8;/h5,8,11H,3-4,6H2,1-2H3;1H. The van der Waals surface area contributed by atoms with E-state index in [4.69, 9.17) is 4.52 Å². The summed E-state index contributed by atoms with van der Waals surface area (Å²) in [7, 11) is 1.80. The Morgan fingerprint density at radius 2 is 2.44 bits per heavy atom. The fourth-order valence-corrected chi connectivity index (χ4v) is 1.77. The SMILES string of the molecule is Cc1cc(C(=O)N(C)C2CCNC2)on1.Cl. The molecule has 0 aliphatic carbocycles. The molecule has 90 valence electrons. The fourth-order valence-electron chi connectivity index (χ4n) is 1.77. The van der Waals surface area contributed by atoms with Crippen LogP contribution < -0.4 is 5.32 Å². The maximum absolute atomic E-state index is 11.9. The highest BCUT2D eigenvalue weighted by molar-refractivity contribution is 5.91. The van der Waals surface area contributed by atoms with Crippen molar-refractivity contribution in [1.29, 1.82) is 0 Å². The zero-order valence-electron chi connectivity index (χ0n) is 9.40. The molecule has 2 rings (SSSR count). The molecule has 1 atom stereocenters. The summed E-state index contributed by atoms with van der Waals surface area (Å²) in [5.74, 6) is 0.228. The minimum atomic E-state index is -0.0932. The number of nitrogens with zero attached hydrogens (tertiary/aromatic N) is 2. The van der Waals surface area contributed by atoms with E-state index >= 15 is 0 Å². The molecule has 1 N–H and O–H groups in total. The van der Waals surface area contributed by atoms with E-state index in [-0.39, 0.29) is 24.4 Å². The van der Waals surface area contributed by atoms with Gasteiger partial charge in [-0.15, -0.1) is 12.4 Å². The zero-order chi connectivity index (χ0) is 10.8. The van der Waals surface area contributed by atoms with Crippen molar-refractivity contribution in [3.8, 4) is 0 Å². The average Bonchev–Trinajstić information content (AvgIpc) is 2.85. The molecule has 6 heteroatoms. The Morgan fingerprint density at radius 1 is 1.69 bits per heavy atom. The molecule has 1 amide bonds. The lowest BCUT2D eigenvalue weighted by Gasteiger charge is -2.22. The number of amides is 1. The normalized spacial score (nSPS) is 19.2. The van der Waals surface area contributed by atoms with Gasteiger partial charge in [-0.2, -0.15) is 0 Å². The molecule has 5 nitrogen and oxygen atoms in total. The minimum absolute atomic E-state index is 0. The summed E-state index contributed by atoms with van der Waals surface area (Å²) < 4.78 is 4.95. The van der Waals surface area contributed by atoms with Crippen molar-refractivity contribution < 1.29 is 9.32 Å². The monoisotopic (exact) mass is 245 g/mol. The molecule has 0 aromatic carbocycles. The van der Waals surface area contributed by atoms with Gasteiger partial charge in [0.25, 0.3) is 5.91 Å². The van der Waals surface area contributed by atoms with Gasteiger partial charge in [-0.05, 0) is 19.9 Å². The van der Waals surface area contributed by atoms with Gasteiger partial charge in [0.2, 0.25) is 5.76 Å². The molecule has 16 heavy (non-hydrogen) atoms. The van der Waals surface area contributed by atoms with Crippen LogP contribution in [0.3, 0.4) is 0 Å². The van der Waals surface area contributed by atoms with Crippen molar-refractivity contribution in [3.63, 3.8) is 0 Å². The maximum Gasteiger partial charge on any atom is 0.292 e. The third-order valence-electron chi connectivity index (χ3n) is 2.74. The van der Waals surface area contributed by atoms with Gasteiger partial charge >= 0.3 is 0 Å². The number of hydrogen-bond acceptors (Lipinski definition) is 4. The van der Waals surface area contributed by atoms with Crippen molar-refractivity contribution in [2.45, 2.75) is 19.4 Å². The first-order valence-corrected chi connectivity index (χ1v) is 5.09. The van der Waals surface area contributed by atoms with Crippen LogP contribution >= 0.6 is 12.4 Å². The third kappa shape index (κ3) is 2.54. The lowest BCUT2D eigenvalue weighted by molar-refractivity contribution is 0.0701. The van der Waals surface area contributed by atoms with Crippen LogP contribution in [-0.4, -0.2) is 42.1 Å². The number of hydrogen-bond donors (Lipinski definition) is 1. The van der Waals surface area contributed by atoms with Crippen molar-refractivity contribution in [3.05, 3.63) is 17.5 Å². The van der Waals surface area contributed by atoms with E-state index in [9.17, 15) is 4.79 Å². The average molecular weight is 246 g/mol. The number of carbonyl (C=O) groups excluding carboxylic acids is 1. The molecule has 1 unspecified atom stereocenters. The smallest absolute Gasteiger partial charge is 0.292 e. The molecular formula is C10H16ClN3O2. The van der Waals surface area contributed by atoms with Crippen molar-refractivity contribution in [2.24, 2.45) is 0 Å². The van der Waals surface area contributed by atoms with Crippen LogP contribution in [-0.2, 0) is 0 Å². The molecule has 1 saturated heterocycles. The number of likely N-dealkylation sites (N-methyl/N-ethyl adjacent to an activating group) is 1. The molecule has 0 saturated carbocycles. The van der Waals surface area contributed by atoms with E-state index in [1.54, 1.807) is 24.9 Å². The second kappa shape index (κ2) is 5.32. The molecular weight excluding hydrogens is 230 g/mol. The van der Waals surface area contributed by atoms with Gasteiger partial charge in [-0.3, -0.25) is 4.79 Å². The highest BCUT2D eigenvalue weighted by Crippen LogP contribution is 2.11. The van der Waals surface area contributed by atoms with Gasteiger partial charge in [0.05, 0.1) is 5.69 Å². The predicted octanol–water partition coefficient (Wildman–Crippen LogP) is 0.839. The van der Waals surface area contributed by atoms with Gasteiger partial charge in [-0.25, -0.2) is 0 Å². The van der Waals surface area contributed by atoms with E-state index in [1.165, 1.54) is 0 Å². The minimum Gasteiger partial charge on any atom is -0.351 e. The van der Waals surface area contributed by atoms with Crippen LogP contribution in [0.4, 0.5) is 0 Å². The Hall–Kier alpha value is -1.07. The number of nitrogens with one attached hydrogen (secondary N) is 1. The van der Waals surface area contributed by atoms with Gasteiger partial charge in [-0.1, -0.05) is 5.16 Å². The first kappa shape index (κ1) is 13.0. The highest BCUT2D eigenvalue weighted by atomic mass is 35.5. The Bertz CT molecular complexity index is 361. The van der Waals surface area contributed by atoms with Crippen LogP contribution in [0.15, 0.2) is 10.6 Å². The van der Waals surface area contributed by atoms with Crippen LogP contribution in [0.2, 0.25) is 0 Å². The van der Waals surface area contributed by atoms with Crippen LogP contribution in [0.1, 0.15) is 22.7 Å². The van der Waals surface area contributed by atoms with E-state index in [0.717, 1.165) is 25.2 Å². The Labute approximate surface area is 101 Å². The topological polar surface area (TPSA) is 58.4 Å². The Kier molecular flexibility index (Phi) is 4.32. The summed E-state index contributed by atoms with van der Waals surface area (Å²) in [6.07, 6.45) is 0.995. The lowest BCUT2D eigenvalue weighted by Crippen LogP contribution is -2.38. The molecule has 1 aromatic rings. The number of halogens is 1. The summed E-state index contributed by atoms with van der Waals surface area (Å²) >= 11 is 0. The largest absolute Gasteiger partial charge is 0.351 e. The lowest BCUT2D eigenvalue weighted by atomic mass is 10.2. The van der Waals surface area contributed by atoms with Crippen LogP contribution in [0, 0.1) is 6.92 Å². The summed E-state index contributed by atoms with van der Waals surface area (Å²) in [4.78, 5) is 13.6. The summed E-state index contributed by atoms with van der Waals surface area (Å²) in [5, 5.41) is 6.93. The molecule has 1 aliphatic heterocycles. The molecule has 1 fully saturated rings. The van der Waals surface area contributed by atoms with E-state index in [1.807, 2.05) is 0 Å². The fraction of sp³-hybridized carbons (Fsp3) is 0.600. The second-order valence-electron chi connectivity index (χ2n) is 3.90. The van der Waals surface area contributed by atoms with Crippen molar-refractivity contribution >= 4 is 18.3 Å². The predicted molar refractivity (Wildman–Crippen MR) is 61.9 cm³/mol. The van der Waals surface area contributed by atoms with Gasteiger partial charge < -0.3 is 14.7 Å². The van der Waals surface area contributed by atoms with E-state index in [0.29, 0.717) is 5.76 Å². The molecule has 1 aromatic heterocycles. The quantitative estimate of drug-likeness (QED) is 0.839. The van der Waals surface area contributed by atoms with E-state index in [2.05, 4.69) is 10.5 Å². The van der Waals surface area contributed by atoms with Crippen LogP contribution in [0.25, 0.3) is 0 Å². The summed E-state index contributed by atoms with van der Waals surface area (Å²) in [5.41, 5.74) is 0.733. The van der Waals surface area contributed by atoms with Gasteiger partial charge in [0.1, 0.15) is 0 Å². The van der Waals surface area contributed by atoms with Crippen molar-refractivity contribution in [2.75, 3.05) is 20.1 Å². The summed E-state index contributed by atoms with van der Waals surface area (Å²) in [6.45, 7) is 3.63. The van der Waals surface area contributed by atoms with E-state index < -0.39 is 0 Å². The number of carbonyl (C=O) groups is 1. The molecule has 0 radical (unpaired) electrons. The Balaban J connectivity index is 0.00000128. The molecule has 2 heterocycles. The number of rotatable bonds is 2. The molecule has 0 bridgehead atoms. The van der Waals surface area contributed by atoms with Crippen molar-refractivity contribution in [1.82, 2.24) is 15.4 Å². The number of aryl methyl sites for hydroxylation is 1. The second-order valence-corrected chi connectivity index (χ2v) is 3.90. The van der Waals surface area contributed by atoms with Gasteiger partial charge in [0, 0.05) is 25.7 Å². The highest BCUT2D eigenvalue weighted by Gasteiger charge is 2.26. The number of aromatic nitrogens is 1. The van der Waals surface area contributed by atoms with Gasteiger partial charge in [0.15, 0.2) is 0 Å². The first-order valence-electron chi connectivity index (χ1n) is 5.09. The first-order chi connectivity index (χ1) is 7.18. The van der Waals surface area contributed by atoms with Crippen LogP contribution in [0.5, 0.6) is 0 Å². The Morgan fingerprint density at radius 3 is 2.94 bits per heavy atom. The maximum atomic E-state index is 11.9. The molecule has 1 aliphatic rings.